The predicted octanol–water partition coefficient (Wildman–Crippen LogP) is -0.553. The average Bonchev–Trinajstić information content (AvgIpc) is 1.36. The maximum Gasteiger partial charge on any atom is 0.332 e. The fourth-order valence-electron chi connectivity index (χ4n) is 0. The molecule has 0 fully saturated rings. The second kappa shape index (κ2) is 7.42. The van der Waals surface area contributed by atoms with E-state index in [2.05, 4.69) is 0 Å². The van der Waals surface area contributed by atoms with Gasteiger partial charge in [-0.1, -0.05) is 0 Å². The van der Waals surface area contributed by atoms with E-state index in [1.165, 1.54) is 6.92 Å². The van der Waals surface area contributed by atoms with Crippen LogP contribution < -0.4 is 0 Å². The van der Waals surface area contributed by atoms with Crippen LogP contribution in [0.2, 0.25) is 0 Å². The molecular formula is C3H6Ni2O3. The summed E-state index contributed by atoms with van der Waals surface area (Å²) < 4.78 is 0. The van der Waals surface area contributed by atoms with Gasteiger partial charge in [-0.3, -0.25) is 0 Å². The largest absolute Gasteiger partial charge is 0.479 e. The molecule has 8 heavy (non-hydrogen) atoms. The molecule has 0 bridgehead atoms. The molecule has 0 aliphatic rings. The first-order valence-corrected chi connectivity index (χ1v) is 1.55. The third-order valence-electron chi connectivity index (χ3n) is 0.357. The van der Waals surface area contributed by atoms with Gasteiger partial charge in [-0.25, -0.2) is 4.79 Å². The summed E-state index contributed by atoms with van der Waals surface area (Å²) in [4.78, 5) is 9.45. The monoisotopic (exact) mass is 206 g/mol. The third kappa shape index (κ3) is 9.65. The molecule has 0 rings (SSSR count). The van der Waals surface area contributed by atoms with Crippen LogP contribution in [0.5, 0.6) is 0 Å². The van der Waals surface area contributed by atoms with Crippen molar-refractivity contribution in [3.05, 3.63) is 0 Å². The first-order valence-electron chi connectivity index (χ1n) is 1.55. The molecule has 0 radical (unpaired) electrons. The Balaban J connectivity index is -0.000000125. The number of carboxylic acids is 1. The number of hydrogen-bond acceptors (Lipinski definition) is 2. The van der Waals surface area contributed by atoms with Gasteiger partial charge in [-0.05, 0) is 6.92 Å². The molecule has 0 heterocycles. The Labute approximate surface area is 67.3 Å². The first kappa shape index (κ1) is 15.8. The molecule has 0 saturated carbocycles. The number of rotatable bonds is 1. The Morgan fingerprint density at radius 3 is 1.62 bits per heavy atom. The minimum absolute atomic E-state index is 0. The summed E-state index contributed by atoms with van der Waals surface area (Å²) in [6, 6.07) is 0. The molecule has 2 N–H and O–H groups in total. The Morgan fingerprint density at radius 2 is 1.62 bits per heavy atom. The minimum atomic E-state index is -1.23. The first-order chi connectivity index (χ1) is 2.64. The second-order valence-corrected chi connectivity index (χ2v) is 1.01. The zero-order chi connectivity index (χ0) is 5.15. The van der Waals surface area contributed by atoms with Gasteiger partial charge in [-0.15, -0.1) is 0 Å². The van der Waals surface area contributed by atoms with Crippen molar-refractivity contribution < 1.29 is 48.0 Å². The Bertz CT molecular complexity index is 63.5. The fourth-order valence-corrected chi connectivity index (χ4v) is 0. The van der Waals surface area contributed by atoms with E-state index >= 15 is 0 Å². The number of carbonyl (C=O) groups is 1. The van der Waals surface area contributed by atoms with Gasteiger partial charge in [0.1, 0.15) is 6.10 Å². The van der Waals surface area contributed by atoms with Crippen LogP contribution in [0.4, 0.5) is 0 Å². The summed E-state index contributed by atoms with van der Waals surface area (Å²) >= 11 is 0. The minimum Gasteiger partial charge on any atom is -0.479 e. The van der Waals surface area contributed by atoms with Crippen molar-refractivity contribution in [2.45, 2.75) is 13.0 Å². The van der Waals surface area contributed by atoms with Gasteiger partial charge in [0.05, 0.1) is 0 Å². The summed E-state index contributed by atoms with van der Waals surface area (Å²) in [6.07, 6.45) is -1.23. The molecule has 0 aliphatic carbocycles. The van der Waals surface area contributed by atoms with Crippen molar-refractivity contribution in [1.29, 1.82) is 0 Å². The summed E-state index contributed by atoms with van der Waals surface area (Å²) in [6.45, 7) is 1.20. The zero-order valence-corrected chi connectivity index (χ0v) is 5.99. The summed E-state index contributed by atoms with van der Waals surface area (Å²) in [7, 11) is 0. The summed E-state index contributed by atoms with van der Waals surface area (Å²) in [5, 5.41) is 15.8. The van der Waals surface area contributed by atoms with Crippen molar-refractivity contribution >= 4 is 5.97 Å². The van der Waals surface area contributed by atoms with Crippen molar-refractivity contribution in [1.82, 2.24) is 0 Å². The van der Waals surface area contributed by atoms with E-state index < -0.39 is 12.1 Å². The van der Waals surface area contributed by atoms with Crippen molar-refractivity contribution in [3.63, 3.8) is 0 Å². The molecule has 5 heteroatoms. The van der Waals surface area contributed by atoms with Crippen LogP contribution in [-0.4, -0.2) is 22.3 Å². The molecule has 0 saturated heterocycles. The number of aliphatic hydroxyl groups is 1. The van der Waals surface area contributed by atoms with Crippen LogP contribution in [0.15, 0.2) is 0 Å². The quantitative estimate of drug-likeness (QED) is 0.567. The van der Waals surface area contributed by atoms with Crippen LogP contribution >= 0.6 is 0 Å². The molecule has 3 nitrogen and oxygen atoms in total. The topological polar surface area (TPSA) is 57.5 Å². The number of aliphatic carboxylic acids is 1. The Morgan fingerprint density at radius 1 is 1.50 bits per heavy atom. The zero-order valence-electron chi connectivity index (χ0n) is 4.01. The van der Waals surface area contributed by atoms with E-state index in [0.717, 1.165) is 0 Å². The number of aliphatic hydroxyl groups excluding tert-OH is 1. The van der Waals surface area contributed by atoms with Crippen LogP contribution in [0.3, 0.4) is 0 Å². The average molecular weight is 207 g/mol. The molecule has 1 atom stereocenters. The Kier molecular flexibility index (Phi) is 14.6. The maximum atomic E-state index is 9.45. The second-order valence-electron chi connectivity index (χ2n) is 1.01. The van der Waals surface area contributed by atoms with Gasteiger partial charge in [0.15, 0.2) is 0 Å². The number of hydrogen-bond donors (Lipinski definition) is 2. The van der Waals surface area contributed by atoms with Crippen LogP contribution in [0.1, 0.15) is 6.92 Å². The van der Waals surface area contributed by atoms with Gasteiger partial charge in [0, 0.05) is 33.0 Å². The van der Waals surface area contributed by atoms with E-state index in [-0.39, 0.29) is 33.0 Å². The van der Waals surface area contributed by atoms with Gasteiger partial charge in [0.25, 0.3) is 0 Å². The summed E-state index contributed by atoms with van der Waals surface area (Å²) in [5.41, 5.74) is 0. The summed E-state index contributed by atoms with van der Waals surface area (Å²) in [5.74, 6) is -1.19. The normalized spacial score (nSPS) is 10.2. The molecule has 0 aromatic rings. The molecule has 0 amide bonds. The standard InChI is InChI=1S/C3H6O3.2Ni/c1-2(4)3(5)6;;/h2,4H,1H3,(H,5,6);;. The van der Waals surface area contributed by atoms with Gasteiger partial charge in [-0.2, -0.15) is 0 Å². The number of carboxylic acid groups (broad SMARTS) is 1. The molecule has 0 aliphatic heterocycles. The van der Waals surface area contributed by atoms with Gasteiger partial charge >= 0.3 is 5.97 Å². The van der Waals surface area contributed by atoms with Crippen LogP contribution in [0.25, 0.3) is 0 Å². The van der Waals surface area contributed by atoms with Gasteiger partial charge < -0.3 is 10.2 Å². The molecule has 0 aromatic heterocycles. The van der Waals surface area contributed by atoms with E-state index in [4.69, 9.17) is 10.2 Å². The Hall–Kier alpha value is 0.417. The van der Waals surface area contributed by atoms with Crippen LogP contribution in [0, 0.1) is 0 Å². The maximum absolute atomic E-state index is 9.45. The molecule has 0 spiro atoms. The van der Waals surface area contributed by atoms with Crippen molar-refractivity contribution in [2.75, 3.05) is 0 Å². The van der Waals surface area contributed by atoms with E-state index in [0.29, 0.717) is 0 Å². The van der Waals surface area contributed by atoms with Gasteiger partial charge in [0.2, 0.25) is 0 Å². The molecule has 56 valence electrons. The molecular weight excluding hydrogens is 201 g/mol. The molecule has 1 unspecified atom stereocenters. The fraction of sp³-hybridized carbons (Fsp3) is 0.667. The predicted molar refractivity (Wildman–Crippen MR) is 19.3 cm³/mol. The molecule has 0 aromatic carbocycles. The van der Waals surface area contributed by atoms with E-state index in [1.54, 1.807) is 0 Å². The van der Waals surface area contributed by atoms with E-state index in [1.807, 2.05) is 0 Å². The van der Waals surface area contributed by atoms with Crippen LogP contribution in [-0.2, 0) is 37.8 Å². The smallest absolute Gasteiger partial charge is 0.332 e. The third-order valence-corrected chi connectivity index (χ3v) is 0.357. The van der Waals surface area contributed by atoms with Crippen molar-refractivity contribution in [2.24, 2.45) is 0 Å². The van der Waals surface area contributed by atoms with E-state index in [9.17, 15) is 4.79 Å². The SMILES string of the molecule is CC(O)C(=O)O.[Ni].[Ni]. The van der Waals surface area contributed by atoms with Crippen molar-refractivity contribution in [3.8, 4) is 0 Å².